The summed E-state index contributed by atoms with van der Waals surface area (Å²) < 4.78 is 32.3. The monoisotopic (exact) mass is 520 g/mol. The van der Waals surface area contributed by atoms with Crippen LogP contribution in [0.5, 0.6) is 0 Å². The van der Waals surface area contributed by atoms with Crippen LogP contribution < -0.4 is 10.6 Å². The highest BCUT2D eigenvalue weighted by Gasteiger charge is 2.26. The summed E-state index contributed by atoms with van der Waals surface area (Å²) in [6.07, 6.45) is 2.45. The zero-order valence-electron chi connectivity index (χ0n) is 22.0. The highest BCUT2D eigenvalue weighted by Crippen LogP contribution is 2.31. The zero-order valence-corrected chi connectivity index (χ0v) is 22.0. The van der Waals surface area contributed by atoms with Gasteiger partial charge in [-0.2, -0.15) is 0 Å². The largest absolute Gasteiger partial charge is 0.444 e. The van der Waals surface area contributed by atoms with E-state index in [-0.39, 0.29) is 17.5 Å². The Balaban J connectivity index is 1.41. The highest BCUT2D eigenvalue weighted by atomic mass is 19.1. The number of carbonyl (C=O) groups excluding carboxylic acids is 2. The van der Waals surface area contributed by atoms with Crippen LogP contribution in [0, 0.1) is 23.5 Å². The van der Waals surface area contributed by atoms with E-state index in [4.69, 9.17) is 4.74 Å². The van der Waals surface area contributed by atoms with Crippen molar-refractivity contribution < 1.29 is 23.1 Å². The van der Waals surface area contributed by atoms with Gasteiger partial charge in [0.1, 0.15) is 17.2 Å². The lowest BCUT2D eigenvalue weighted by atomic mass is 9.95. The molecule has 200 valence electrons. The quantitative estimate of drug-likeness (QED) is 0.354. The first-order valence-corrected chi connectivity index (χ1v) is 13.0. The molecule has 7 heteroatoms. The molecule has 5 nitrogen and oxygen atoms in total. The maximum atomic E-state index is 13.5. The summed E-state index contributed by atoms with van der Waals surface area (Å²) in [5.41, 5.74) is 3.04. The van der Waals surface area contributed by atoms with Gasteiger partial charge in [0.15, 0.2) is 0 Å². The molecule has 1 saturated carbocycles. The number of nitrogens with one attached hydrogen (secondary N) is 2. The van der Waals surface area contributed by atoms with Gasteiger partial charge in [0.05, 0.1) is 0 Å². The predicted octanol–water partition coefficient (Wildman–Crippen LogP) is 6.97. The smallest absolute Gasteiger partial charge is 0.407 e. The van der Waals surface area contributed by atoms with E-state index in [1.807, 2.05) is 26.8 Å². The lowest BCUT2D eigenvalue weighted by Gasteiger charge is -2.20. The molecule has 2 amide bonds. The van der Waals surface area contributed by atoms with Crippen molar-refractivity contribution in [3.63, 3.8) is 0 Å². The van der Waals surface area contributed by atoms with Gasteiger partial charge in [0, 0.05) is 18.7 Å². The van der Waals surface area contributed by atoms with Crippen LogP contribution in [0.3, 0.4) is 0 Å². The topological polar surface area (TPSA) is 67.4 Å². The van der Waals surface area contributed by atoms with E-state index in [0.717, 1.165) is 41.5 Å². The average molecular weight is 521 g/mol. The molecule has 0 radical (unpaired) electrons. The number of benzene rings is 3. The molecule has 38 heavy (non-hydrogen) atoms. The summed E-state index contributed by atoms with van der Waals surface area (Å²) in [4.78, 5) is 25.1. The summed E-state index contributed by atoms with van der Waals surface area (Å²) in [6, 6.07) is 17.7. The molecule has 3 aromatic carbocycles. The molecule has 0 heterocycles. The van der Waals surface area contributed by atoms with E-state index >= 15 is 0 Å². The van der Waals surface area contributed by atoms with Crippen LogP contribution in [-0.2, 0) is 4.74 Å². The van der Waals surface area contributed by atoms with Gasteiger partial charge in [0.2, 0.25) is 0 Å². The predicted molar refractivity (Wildman–Crippen MR) is 145 cm³/mol. The first kappa shape index (κ1) is 27.3. The molecule has 2 N–H and O–H groups in total. The lowest BCUT2D eigenvalue weighted by Crippen LogP contribution is -2.35. The van der Waals surface area contributed by atoms with Gasteiger partial charge in [-0.05, 0) is 117 Å². The molecule has 2 atom stereocenters. The molecule has 4 rings (SSSR count). The molecule has 0 unspecified atom stereocenters. The molecule has 0 aromatic heterocycles. The van der Waals surface area contributed by atoms with Crippen LogP contribution in [0.15, 0.2) is 66.7 Å². The standard InChI is InChI=1S/C31H34F2N2O3/c1-31(2,3)38-30(37)35-19-21-5-4-20(14-21)18-34-29(36)26-16-24(22-6-10-27(32)11-7-22)15-25(17-26)23-8-12-28(33)13-9-23/h6-13,15-17,20-21H,4-5,14,18-19H2,1-3H3,(H,34,36)(H,35,37)/t20-,21-/m0/s1. The first-order chi connectivity index (χ1) is 18.1. The molecule has 0 bridgehead atoms. The average Bonchev–Trinajstić information content (AvgIpc) is 3.33. The Kier molecular flexibility index (Phi) is 8.45. The zero-order chi connectivity index (χ0) is 27.3. The second-order valence-corrected chi connectivity index (χ2v) is 11.0. The van der Waals surface area contributed by atoms with E-state index in [9.17, 15) is 18.4 Å². The lowest BCUT2D eigenvalue weighted by molar-refractivity contribution is 0.0519. The molecule has 1 aliphatic rings. The molecule has 0 aliphatic heterocycles. The Morgan fingerprint density at radius 2 is 1.24 bits per heavy atom. The van der Waals surface area contributed by atoms with Gasteiger partial charge in [-0.3, -0.25) is 4.79 Å². The van der Waals surface area contributed by atoms with Gasteiger partial charge >= 0.3 is 6.09 Å². The number of hydrogen-bond acceptors (Lipinski definition) is 3. The minimum absolute atomic E-state index is 0.201. The van der Waals surface area contributed by atoms with Gasteiger partial charge in [-0.1, -0.05) is 24.3 Å². The molecule has 0 spiro atoms. The summed E-state index contributed by atoms with van der Waals surface area (Å²) in [6.45, 7) is 6.59. The van der Waals surface area contributed by atoms with Crippen molar-refractivity contribution >= 4 is 12.0 Å². The van der Waals surface area contributed by atoms with Crippen molar-refractivity contribution in [1.82, 2.24) is 10.6 Å². The Morgan fingerprint density at radius 1 is 0.763 bits per heavy atom. The number of amides is 2. The Morgan fingerprint density at radius 3 is 1.71 bits per heavy atom. The fourth-order valence-corrected chi connectivity index (χ4v) is 4.81. The summed E-state index contributed by atoms with van der Waals surface area (Å²) >= 11 is 0. The molecule has 1 fully saturated rings. The fraction of sp³-hybridized carbons (Fsp3) is 0.355. The summed E-state index contributed by atoms with van der Waals surface area (Å²) in [5, 5.41) is 5.91. The van der Waals surface area contributed by atoms with E-state index in [1.165, 1.54) is 24.3 Å². The van der Waals surface area contributed by atoms with Crippen molar-refractivity contribution in [2.75, 3.05) is 13.1 Å². The Hall–Kier alpha value is -3.74. The van der Waals surface area contributed by atoms with Gasteiger partial charge in [0.25, 0.3) is 5.91 Å². The molecular formula is C31H34F2N2O3. The van der Waals surface area contributed by atoms with Crippen molar-refractivity contribution in [3.05, 3.63) is 83.9 Å². The molecular weight excluding hydrogens is 486 g/mol. The number of ether oxygens (including phenoxy) is 1. The van der Waals surface area contributed by atoms with E-state index in [0.29, 0.717) is 30.5 Å². The van der Waals surface area contributed by atoms with E-state index in [2.05, 4.69) is 10.6 Å². The number of hydrogen-bond donors (Lipinski definition) is 2. The maximum absolute atomic E-state index is 13.5. The molecule has 1 aliphatic carbocycles. The fourth-order valence-electron chi connectivity index (χ4n) is 4.81. The second kappa shape index (κ2) is 11.8. The maximum Gasteiger partial charge on any atom is 0.407 e. The van der Waals surface area contributed by atoms with E-state index in [1.54, 1.807) is 36.4 Å². The van der Waals surface area contributed by atoms with Crippen molar-refractivity contribution in [2.45, 2.75) is 45.6 Å². The van der Waals surface area contributed by atoms with Crippen LogP contribution >= 0.6 is 0 Å². The Labute approximate surface area is 222 Å². The number of alkyl carbamates (subject to hydrolysis) is 1. The minimum atomic E-state index is -0.531. The molecule has 3 aromatic rings. The SMILES string of the molecule is CC(C)(C)OC(=O)NC[C@H]1CC[C@H](CNC(=O)c2cc(-c3ccc(F)cc3)cc(-c3ccc(F)cc3)c2)C1. The third-order valence-corrected chi connectivity index (χ3v) is 6.69. The van der Waals surface area contributed by atoms with Crippen LogP contribution in [0.2, 0.25) is 0 Å². The highest BCUT2D eigenvalue weighted by molar-refractivity contribution is 5.97. The third kappa shape index (κ3) is 7.63. The second-order valence-electron chi connectivity index (χ2n) is 11.0. The van der Waals surface area contributed by atoms with Gasteiger partial charge in [-0.15, -0.1) is 0 Å². The van der Waals surface area contributed by atoms with Crippen LogP contribution in [-0.4, -0.2) is 30.7 Å². The van der Waals surface area contributed by atoms with Crippen LogP contribution in [0.4, 0.5) is 13.6 Å². The first-order valence-electron chi connectivity index (χ1n) is 13.0. The number of rotatable bonds is 7. The normalized spacial score (nSPS) is 17.2. The summed E-state index contributed by atoms with van der Waals surface area (Å²) in [5.74, 6) is -0.208. The van der Waals surface area contributed by atoms with Crippen LogP contribution in [0.1, 0.15) is 50.4 Å². The van der Waals surface area contributed by atoms with Crippen molar-refractivity contribution in [3.8, 4) is 22.3 Å². The molecule has 0 saturated heterocycles. The van der Waals surface area contributed by atoms with Crippen LogP contribution in [0.25, 0.3) is 22.3 Å². The van der Waals surface area contributed by atoms with Crippen molar-refractivity contribution in [2.24, 2.45) is 11.8 Å². The third-order valence-electron chi connectivity index (χ3n) is 6.69. The number of halogens is 2. The van der Waals surface area contributed by atoms with Gasteiger partial charge < -0.3 is 15.4 Å². The number of carbonyl (C=O) groups is 2. The Bertz CT molecular complexity index is 1200. The van der Waals surface area contributed by atoms with E-state index < -0.39 is 11.7 Å². The minimum Gasteiger partial charge on any atom is -0.444 e. The van der Waals surface area contributed by atoms with Gasteiger partial charge in [-0.25, -0.2) is 13.6 Å². The summed E-state index contributed by atoms with van der Waals surface area (Å²) in [7, 11) is 0. The van der Waals surface area contributed by atoms with Crippen molar-refractivity contribution in [1.29, 1.82) is 0 Å².